The van der Waals surface area contributed by atoms with Crippen molar-refractivity contribution in [2.45, 2.75) is 26.8 Å². The summed E-state index contributed by atoms with van der Waals surface area (Å²) < 4.78 is 1.53. The van der Waals surface area contributed by atoms with Gasteiger partial charge in [0.25, 0.3) is 5.56 Å². The van der Waals surface area contributed by atoms with Crippen molar-refractivity contribution in [1.29, 1.82) is 0 Å². The maximum Gasteiger partial charge on any atom is 0.404 e. The monoisotopic (exact) mass is 493 g/mol. The smallest absolute Gasteiger partial charge is 0.404 e. The number of anilines is 1. The number of amides is 1. The van der Waals surface area contributed by atoms with Crippen molar-refractivity contribution >= 4 is 34.7 Å². The average molecular weight is 494 g/mol. The number of benzene rings is 1. The standard InChI is InChI=1S/C24H24ClN7O3/c1-3-27-23-29-12-16-9-18(22(33)32(21(16)31-23)8-4-7-28-24(34)35)17-6-5-15(10-19(17)25)20-13-26-11-14(2)30-20/h5-6,9-13,28H,3-4,7-8H2,1-2H3,(H,34,35)(H,27,29,31). The van der Waals surface area contributed by atoms with Crippen molar-refractivity contribution in [1.82, 2.24) is 29.8 Å². The van der Waals surface area contributed by atoms with Crippen molar-refractivity contribution in [3.63, 3.8) is 0 Å². The van der Waals surface area contributed by atoms with Crippen LogP contribution in [0, 0.1) is 6.92 Å². The van der Waals surface area contributed by atoms with Gasteiger partial charge in [0, 0.05) is 59.1 Å². The first-order chi connectivity index (χ1) is 16.9. The summed E-state index contributed by atoms with van der Waals surface area (Å²) in [7, 11) is 0. The average Bonchev–Trinajstić information content (AvgIpc) is 2.83. The zero-order valence-corrected chi connectivity index (χ0v) is 20.0. The topological polar surface area (TPSA) is 135 Å². The Bertz CT molecular complexity index is 1460. The Hall–Kier alpha value is -4.05. The van der Waals surface area contributed by atoms with Gasteiger partial charge in [-0.05, 0) is 32.4 Å². The van der Waals surface area contributed by atoms with Crippen LogP contribution in [0.15, 0.2) is 47.7 Å². The molecule has 0 atom stereocenters. The van der Waals surface area contributed by atoms with Crippen LogP contribution in [0.4, 0.5) is 10.7 Å². The van der Waals surface area contributed by atoms with E-state index >= 15 is 0 Å². The van der Waals surface area contributed by atoms with Crippen LogP contribution >= 0.6 is 11.6 Å². The van der Waals surface area contributed by atoms with Crippen molar-refractivity contribution in [2.75, 3.05) is 18.4 Å². The normalized spacial score (nSPS) is 10.9. The minimum absolute atomic E-state index is 0.200. The first kappa shape index (κ1) is 24.1. The number of aromatic nitrogens is 5. The number of carbonyl (C=O) groups is 1. The molecule has 0 saturated heterocycles. The molecule has 1 amide bonds. The Morgan fingerprint density at radius 1 is 1.14 bits per heavy atom. The van der Waals surface area contributed by atoms with Crippen molar-refractivity contribution in [3.05, 3.63) is 63.9 Å². The molecule has 0 aliphatic heterocycles. The second kappa shape index (κ2) is 10.5. The number of nitrogens with one attached hydrogen (secondary N) is 2. The third-order valence-corrected chi connectivity index (χ3v) is 5.62. The predicted octanol–water partition coefficient (Wildman–Crippen LogP) is 3.97. The Morgan fingerprint density at radius 3 is 2.69 bits per heavy atom. The molecular formula is C24H24ClN7O3. The SMILES string of the molecule is CCNc1ncc2cc(-c3ccc(-c4cncc(C)n4)cc3Cl)c(=O)n(CCCNC(=O)O)c2n1. The Kier molecular flexibility index (Phi) is 7.21. The molecule has 4 aromatic rings. The van der Waals surface area contributed by atoms with E-state index in [-0.39, 0.29) is 18.6 Å². The van der Waals surface area contributed by atoms with Crippen LogP contribution in [-0.4, -0.2) is 48.8 Å². The van der Waals surface area contributed by atoms with E-state index in [9.17, 15) is 9.59 Å². The van der Waals surface area contributed by atoms with Gasteiger partial charge in [-0.3, -0.25) is 14.3 Å². The van der Waals surface area contributed by atoms with E-state index in [1.807, 2.05) is 19.9 Å². The van der Waals surface area contributed by atoms with Gasteiger partial charge in [-0.15, -0.1) is 0 Å². The zero-order valence-electron chi connectivity index (χ0n) is 19.2. The molecule has 3 heterocycles. The fourth-order valence-corrected chi connectivity index (χ4v) is 4.01. The fourth-order valence-electron chi connectivity index (χ4n) is 3.73. The number of pyridine rings is 1. The molecule has 0 aliphatic rings. The van der Waals surface area contributed by atoms with Gasteiger partial charge in [0.2, 0.25) is 5.95 Å². The highest BCUT2D eigenvalue weighted by Gasteiger charge is 2.16. The molecule has 1 aromatic carbocycles. The molecule has 3 aromatic heterocycles. The van der Waals surface area contributed by atoms with Crippen LogP contribution in [0.25, 0.3) is 33.4 Å². The maximum atomic E-state index is 13.6. The van der Waals surface area contributed by atoms with Crippen molar-refractivity contribution < 1.29 is 9.90 Å². The van der Waals surface area contributed by atoms with E-state index in [2.05, 4.69) is 30.6 Å². The lowest BCUT2D eigenvalue weighted by Gasteiger charge is -2.14. The number of nitrogens with zero attached hydrogens (tertiary/aromatic N) is 5. The van der Waals surface area contributed by atoms with Crippen LogP contribution < -0.4 is 16.2 Å². The molecule has 0 saturated carbocycles. The highest BCUT2D eigenvalue weighted by Crippen LogP contribution is 2.31. The van der Waals surface area contributed by atoms with E-state index < -0.39 is 6.09 Å². The van der Waals surface area contributed by atoms with Crippen LogP contribution in [0.5, 0.6) is 0 Å². The summed E-state index contributed by atoms with van der Waals surface area (Å²) in [4.78, 5) is 41.9. The minimum atomic E-state index is -1.11. The zero-order chi connectivity index (χ0) is 24.9. The van der Waals surface area contributed by atoms with Gasteiger partial charge in [0.1, 0.15) is 5.65 Å². The first-order valence-electron chi connectivity index (χ1n) is 11.1. The number of hydrogen-bond acceptors (Lipinski definition) is 7. The molecule has 11 heteroatoms. The van der Waals surface area contributed by atoms with Gasteiger partial charge in [-0.1, -0.05) is 23.7 Å². The summed E-state index contributed by atoms with van der Waals surface area (Å²) in [5.41, 5.74) is 3.40. The van der Waals surface area contributed by atoms with Gasteiger partial charge in [-0.2, -0.15) is 4.98 Å². The van der Waals surface area contributed by atoms with Gasteiger partial charge < -0.3 is 15.7 Å². The quantitative estimate of drug-likeness (QED) is 0.314. The number of fused-ring (bicyclic) bond motifs is 1. The lowest BCUT2D eigenvalue weighted by molar-refractivity contribution is 0.194. The molecule has 0 bridgehead atoms. The highest BCUT2D eigenvalue weighted by atomic mass is 35.5. The summed E-state index contributed by atoms with van der Waals surface area (Å²) in [6.07, 6.45) is 4.28. The molecule has 0 fully saturated rings. The molecule has 0 spiro atoms. The first-order valence-corrected chi connectivity index (χ1v) is 11.5. The highest BCUT2D eigenvalue weighted by molar-refractivity contribution is 6.33. The van der Waals surface area contributed by atoms with Crippen LogP contribution in [0.3, 0.4) is 0 Å². The molecule has 35 heavy (non-hydrogen) atoms. The third kappa shape index (κ3) is 5.38. The second-order valence-corrected chi connectivity index (χ2v) is 8.25. The van der Waals surface area contributed by atoms with E-state index in [4.69, 9.17) is 16.7 Å². The number of halogens is 1. The number of hydrogen-bond donors (Lipinski definition) is 3. The van der Waals surface area contributed by atoms with Crippen LogP contribution in [0.2, 0.25) is 5.02 Å². The van der Waals surface area contributed by atoms with E-state index in [1.165, 1.54) is 4.57 Å². The lowest BCUT2D eigenvalue weighted by atomic mass is 10.0. The molecule has 0 radical (unpaired) electrons. The largest absolute Gasteiger partial charge is 0.465 e. The summed E-state index contributed by atoms with van der Waals surface area (Å²) in [6.45, 7) is 4.88. The Morgan fingerprint density at radius 2 is 1.97 bits per heavy atom. The number of aryl methyl sites for hydroxylation is 2. The minimum Gasteiger partial charge on any atom is -0.465 e. The van der Waals surface area contributed by atoms with Crippen LogP contribution in [-0.2, 0) is 6.54 Å². The summed E-state index contributed by atoms with van der Waals surface area (Å²) >= 11 is 6.64. The molecule has 0 aliphatic carbocycles. The van der Waals surface area contributed by atoms with Crippen LogP contribution in [0.1, 0.15) is 19.0 Å². The Balaban J connectivity index is 1.79. The molecule has 4 rings (SSSR count). The maximum absolute atomic E-state index is 13.6. The van der Waals surface area contributed by atoms with Crippen molar-refractivity contribution in [3.8, 4) is 22.4 Å². The van der Waals surface area contributed by atoms with Gasteiger partial charge in [0.15, 0.2) is 0 Å². The van der Waals surface area contributed by atoms with E-state index in [1.54, 1.807) is 36.8 Å². The fraction of sp³-hybridized carbons (Fsp3) is 0.250. The van der Waals surface area contributed by atoms with E-state index in [0.717, 1.165) is 11.3 Å². The van der Waals surface area contributed by atoms with Gasteiger partial charge >= 0.3 is 6.09 Å². The lowest BCUT2D eigenvalue weighted by Crippen LogP contribution is -2.27. The third-order valence-electron chi connectivity index (χ3n) is 5.31. The molecule has 3 N–H and O–H groups in total. The predicted molar refractivity (Wildman–Crippen MR) is 135 cm³/mol. The second-order valence-electron chi connectivity index (χ2n) is 7.84. The molecule has 10 nitrogen and oxygen atoms in total. The van der Waals surface area contributed by atoms with Gasteiger partial charge in [-0.25, -0.2) is 14.8 Å². The summed E-state index contributed by atoms with van der Waals surface area (Å²) in [5.74, 6) is 0.409. The molecule has 180 valence electrons. The Labute approximate surface area is 206 Å². The molecule has 0 unspecified atom stereocenters. The van der Waals surface area contributed by atoms with Crippen molar-refractivity contribution in [2.24, 2.45) is 0 Å². The van der Waals surface area contributed by atoms with E-state index in [0.29, 0.717) is 51.8 Å². The summed E-state index contributed by atoms with van der Waals surface area (Å²) in [6, 6.07) is 7.12. The number of rotatable bonds is 8. The summed E-state index contributed by atoms with van der Waals surface area (Å²) in [5, 5.41) is 15.3. The van der Waals surface area contributed by atoms with Gasteiger partial charge in [0.05, 0.1) is 17.6 Å². The number of carboxylic acid groups (broad SMARTS) is 1. The molecular weight excluding hydrogens is 470 g/mol.